The minimum atomic E-state index is 0.506. The molecule has 0 fully saturated rings. The second-order valence-electron chi connectivity index (χ2n) is 4.80. The van der Waals surface area contributed by atoms with Gasteiger partial charge in [-0.15, -0.1) is 0 Å². The minimum Gasteiger partial charge on any atom is -0.481 e. The molecule has 7 heteroatoms. The lowest BCUT2D eigenvalue weighted by Crippen LogP contribution is -2.37. The van der Waals surface area contributed by atoms with Crippen molar-refractivity contribution in [2.75, 3.05) is 20.7 Å². The van der Waals surface area contributed by atoms with Crippen molar-refractivity contribution in [2.45, 2.75) is 13.0 Å². The Bertz CT molecular complexity index is 645. The fourth-order valence-electron chi connectivity index (χ4n) is 1.96. The molecular weight excluding hydrogens is 314 g/mol. The normalized spacial score (nSPS) is 11.2. The van der Waals surface area contributed by atoms with Gasteiger partial charge in [-0.3, -0.25) is 4.99 Å². The molecule has 0 aliphatic rings. The molecule has 0 aliphatic carbocycles. The van der Waals surface area contributed by atoms with Crippen molar-refractivity contribution in [3.63, 3.8) is 0 Å². The van der Waals surface area contributed by atoms with Crippen LogP contribution in [0.15, 0.2) is 41.7 Å². The van der Waals surface area contributed by atoms with Crippen molar-refractivity contribution in [2.24, 2.45) is 4.99 Å². The second-order valence-corrected chi connectivity index (χ2v) is 5.19. The molecule has 0 bridgehead atoms. The lowest BCUT2D eigenvalue weighted by molar-refractivity contribution is 0.397. The van der Waals surface area contributed by atoms with E-state index in [0.29, 0.717) is 17.6 Å². The van der Waals surface area contributed by atoms with Gasteiger partial charge >= 0.3 is 0 Å². The molecule has 0 saturated heterocycles. The van der Waals surface area contributed by atoms with Gasteiger partial charge in [-0.2, -0.15) is 0 Å². The number of nitrogens with one attached hydrogen (secondary N) is 2. The van der Waals surface area contributed by atoms with Crippen LogP contribution in [0, 0.1) is 0 Å². The Balaban J connectivity index is 1.78. The van der Waals surface area contributed by atoms with Gasteiger partial charge in [0.25, 0.3) is 0 Å². The molecule has 0 amide bonds. The number of ether oxygens (including phenoxy) is 1. The van der Waals surface area contributed by atoms with E-state index in [1.54, 1.807) is 32.6 Å². The van der Waals surface area contributed by atoms with E-state index < -0.39 is 0 Å². The quantitative estimate of drug-likeness (QED) is 0.481. The van der Waals surface area contributed by atoms with Crippen LogP contribution < -0.4 is 15.4 Å². The summed E-state index contributed by atoms with van der Waals surface area (Å²) in [5.74, 6) is 1.34. The third-order valence-corrected chi connectivity index (χ3v) is 3.41. The molecule has 6 nitrogen and oxygen atoms in total. The SMILES string of the molecule is CN=C(NCCc1ccc(Cl)nc1)NCc1ccnc(OC)c1. The van der Waals surface area contributed by atoms with Crippen LogP contribution in [0.5, 0.6) is 5.88 Å². The molecule has 0 saturated carbocycles. The molecule has 0 atom stereocenters. The number of methoxy groups -OCH3 is 1. The molecule has 2 heterocycles. The van der Waals surface area contributed by atoms with Crippen LogP contribution in [0.2, 0.25) is 5.15 Å². The number of halogens is 1. The summed E-state index contributed by atoms with van der Waals surface area (Å²) in [5, 5.41) is 7.02. The largest absolute Gasteiger partial charge is 0.481 e. The minimum absolute atomic E-state index is 0.506. The molecule has 2 aromatic heterocycles. The van der Waals surface area contributed by atoms with E-state index in [-0.39, 0.29) is 0 Å². The number of aromatic nitrogens is 2. The highest BCUT2D eigenvalue weighted by atomic mass is 35.5. The third kappa shape index (κ3) is 5.75. The van der Waals surface area contributed by atoms with Gasteiger partial charge in [0.05, 0.1) is 7.11 Å². The Morgan fingerprint density at radius 3 is 2.78 bits per heavy atom. The number of rotatable bonds is 6. The molecule has 122 valence electrons. The molecule has 0 aliphatic heterocycles. The highest BCUT2D eigenvalue weighted by Gasteiger charge is 2.01. The van der Waals surface area contributed by atoms with Crippen LogP contribution >= 0.6 is 11.6 Å². The van der Waals surface area contributed by atoms with Crippen LogP contribution in [-0.2, 0) is 13.0 Å². The molecule has 0 radical (unpaired) electrons. The first kappa shape index (κ1) is 17.0. The Kier molecular flexibility index (Phi) is 6.62. The summed E-state index contributed by atoms with van der Waals surface area (Å²) >= 11 is 5.77. The van der Waals surface area contributed by atoms with Crippen LogP contribution in [0.25, 0.3) is 0 Å². The molecule has 23 heavy (non-hydrogen) atoms. The van der Waals surface area contributed by atoms with Crippen LogP contribution in [-0.4, -0.2) is 36.6 Å². The Morgan fingerprint density at radius 1 is 1.22 bits per heavy atom. The highest BCUT2D eigenvalue weighted by Crippen LogP contribution is 2.08. The van der Waals surface area contributed by atoms with Crippen molar-refractivity contribution in [1.82, 2.24) is 20.6 Å². The zero-order valence-electron chi connectivity index (χ0n) is 13.2. The average molecular weight is 334 g/mol. The van der Waals surface area contributed by atoms with E-state index in [1.165, 1.54) is 0 Å². The van der Waals surface area contributed by atoms with Gasteiger partial charge in [-0.1, -0.05) is 17.7 Å². The topological polar surface area (TPSA) is 71.4 Å². The van der Waals surface area contributed by atoms with Crippen LogP contribution in [0.3, 0.4) is 0 Å². The number of nitrogens with zero attached hydrogens (tertiary/aromatic N) is 3. The maximum Gasteiger partial charge on any atom is 0.213 e. The molecule has 0 spiro atoms. The van der Waals surface area contributed by atoms with Crippen molar-refractivity contribution in [1.29, 1.82) is 0 Å². The average Bonchev–Trinajstić information content (AvgIpc) is 2.59. The third-order valence-electron chi connectivity index (χ3n) is 3.19. The number of pyridine rings is 2. The summed E-state index contributed by atoms with van der Waals surface area (Å²) in [6.45, 7) is 1.39. The number of guanidine groups is 1. The zero-order chi connectivity index (χ0) is 16.5. The van der Waals surface area contributed by atoms with E-state index in [0.717, 1.165) is 30.1 Å². The smallest absolute Gasteiger partial charge is 0.213 e. The summed E-state index contributed by atoms with van der Waals surface area (Å²) in [6, 6.07) is 7.58. The number of hydrogen-bond donors (Lipinski definition) is 2. The molecule has 0 aromatic carbocycles. The van der Waals surface area contributed by atoms with Gasteiger partial charge in [-0.05, 0) is 29.7 Å². The summed E-state index contributed by atoms with van der Waals surface area (Å²) in [4.78, 5) is 12.3. The standard InChI is InChI=1S/C16H20ClN5O/c1-18-16(20-8-5-12-3-4-14(17)21-10-12)22-11-13-6-7-19-15(9-13)23-2/h3-4,6-7,9-10H,5,8,11H2,1-2H3,(H2,18,20,22). The van der Waals surface area contributed by atoms with Gasteiger partial charge in [0, 0.05) is 38.6 Å². The van der Waals surface area contributed by atoms with E-state index in [1.807, 2.05) is 18.2 Å². The Hall–Kier alpha value is -2.34. The molecule has 2 N–H and O–H groups in total. The van der Waals surface area contributed by atoms with Crippen molar-refractivity contribution >= 4 is 17.6 Å². The predicted molar refractivity (Wildman–Crippen MR) is 91.9 cm³/mol. The van der Waals surface area contributed by atoms with Gasteiger partial charge in [0.1, 0.15) is 5.15 Å². The summed E-state index contributed by atoms with van der Waals surface area (Å²) in [6.07, 6.45) is 4.34. The van der Waals surface area contributed by atoms with Gasteiger partial charge in [-0.25, -0.2) is 9.97 Å². The molecule has 0 unspecified atom stereocenters. The number of hydrogen-bond acceptors (Lipinski definition) is 4. The molecular formula is C16H20ClN5O. The monoisotopic (exact) mass is 333 g/mol. The van der Waals surface area contributed by atoms with Crippen molar-refractivity contribution in [3.8, 4) is 5.88 Å². The van der Waals surface area contributed by atoms with E-state index >= 15 is 0 Å². The first-order valence-corrected chi connectivity index (χ1v) is 7.63. The van der Waals surface area contributed by atoms with Gasteiger partial charge in [0.2, 0.25) is 5.88 Å². The fraction of sp³-hybridized carbons (Fsp3) is 0.312. The van der Waals surface area contributed by atoms with E-state index in [2.05, 4.69) is 25.6 Å². The summed E-state index contributed by atoms with van der Waals surface area (Å²) in [5.41, 5.74) is 2.19. The van der Waals surface area contributed by atoms with Crippen molar-refractivity contribution < 1.29 is 4.74 Å². The summed E-state index contributed by atoms with van der Waals surface area (Å²) < 4.78 is 5.11. The lowest BCUT2D eigenvalue weighted by atomic mass is 10.2. The van der Waals surface area contributed by atoms with Crippen LogP contribution in [0.1, 0.15) is 11.1 Å². The first-order valence-electron chi connectivity index (χ1n) is 7.25. The lowest BCUT2D eigenvalue weighted by Gasteiger charge is -2.12. The molecule has 2 aromatic rings. The predicted octanol–water partition coefficient (Wildman–Crippen LogP) is 2.05. The Labute approximate surface area is 141 Å². The maximum absolute atomic E-state index is 5.77. The number of aliphatic imine (C=N–C) groups is 1. The van der Waals surface area contributed by atoms with E-state index in [9.17, 15) is 0 Å². The zero-order valence-corrected chi connectivity index (χ0v) is 14.0. The molecule has 2 rings (SSSR count). The van der Waals surface area contributed by atoms with Crippen LogP contribution in [0.4, 0.5) is 0 Å². The highest BCUT2D eigenvalue weighted by molar-refractivity contribution is 6.29. The first-order chi connectivity index (χ1) is 11.2. The van der Waals surface area contributed by atoms with E-state index in [4.69, 9.17) is 16.3 Å². The van der Waals surface area contributed by atoms with Gasteiger partial charge in [0.15, 0.2) is 5.96 Å². The Morgan fingerprint density at radius 2 is 2.09 bits per heavy atom. The summed E-state index contributed by atoms with van der Waals surface area (Å²) in [7, 11) is 3.35. The van der Waals surface area contributed by atoms with Gasteiger partial charge < -0.3 is 15.4 Å². The maximum atomic E-state index is 5.77. The second kappa shape index (κ2) is 8.95. The fourth-order valence-corrected chi connectivity index (χ4v) is 2.07. The van der Waals surface area contributed by atoms with Crippen molar-refractivity contribution in [3.05, 3.63) is 52.9 Å².